The van der Waals surface area contributed by atoms with Crippen LogP contribution in [0.4, 0.5) is 5.69 Å². The van der Waals surface area contributed by atoms with Crippen molar-refractivity contribution in [3.05, 3.63) is 35.9 Å². The number of methoxy groups -OCH3 is 2. The number of primary amides is 1. The third-order valence-electron chi connectivity index (χ3n) is 4.64. The predicted octanol–water partition coefficient (Wildman–Crippen LogP) is 2.25. The molecule has 0 spiro atoms. The Balaban J connectivity index is 2.33. The first-order valence-corrected chi connectivity index (χ1v) is 9.31. The van der Waals surface area contributed by atoms with Crippen LogP contribution in [0, 0.1) is 0 Å². The minimum Gasteiger partial charge on any atom is -0.497 e. The van der Waals surface area contributed by atoms with Crippen molar-refractivity contribution >= 4 is 34.5 Å². The van der Waals surface area contributed by atoms with E-state index >= 15 is 0 Å². The molecule has 0 bridgehead atoms. The monoisotopic (exact) mass is 426 g/mol. The van der Waals surface area contributed by atoms with Crippen molar-refractivity contribution in [2.24, 2.45) is 5.73 Å². The highest BCUT2D eigenvalue weighted by Crippen LogP contribution is 2.34. The average molecular weight is 426 g/mol. The maximum atomic E-state index is 12.2. The molecule has 0 saturated carbocycles. The van der Waals surface area contributed by atoms with Gasteiger partial charge in [-0.1, -0.05) is 0 Å². The summed E-state index contributed by atoms with van der Waals surface area (Å²) in [4.78, 5) is 39.6. The van der Waals surface area contributed by atoms with Crippen molar-refractivity contribution in [3.8, 4) is 22.9 Å². The second-order valence-electron chi connectivity index (χ2n) is 6.73. The van der Waals surface area contributed by atoms with E-state index in [4.69, 9.17) is 15.2 Å². The summed E-state index contributed by atoms with van der Waals surface area (Å²) >= 11 is 0. The van der Waals surface area contributed by atoms with Crippen LogP contribution in [0.5, 0.6) is 11.5 Å². The number of aromatic nitrogens is 2. The molecule has 0 atom stereocenters. The molecule has 3 aromatic rings. The van der Waals surface area contributed by atoms with Gasteiger partial charge in [0.05, 0.1) is 37.4 Å². The number of amides is 2. The number of rotatable bonds is 8. The Morgan fingerprint density at radius 3 is 2.29 bits per heavy atom. The average Bonchev–Trinajstić information content (AvgIpc) is 3.09. The number of hydrogen-bond donors (Lipinski definition) is 3. The van der Waals surface area contributed by atoms with Gasteiger partial charge in [-0.3, -0.25) is 14.4 Å². The first kappa shape index (κ1) is 21.6. The van der Waals surface area contributed by atoms with E-state index in [9.17, 15) is 19.5 Å². The Bertz CT molecular complexity index is 1160. The molecule has 1 heterocycles. The molecule has 0 saturated heterocycles. The predicted molar refractivity (Wildman–Crippen MR) is 113 cm³/mol. The zero-order valence-electron chi connectivity index (χ0n) is 17.3. The fourth-order valence-electron chi connectivity index (χ4n) is 3.33. The summed E-state index contributed by atoms with van der Waals surface area (Å²) in [5.74, 6) is -0.700. The highest BCUT2D eigenvalue weighted by molar-refractivity contribution is 6.12. The van der Waals surface area contributed by atoms with Gasteiger partial charge in [-0.2, -0.15) is 0 Å². The zero-order chi connectivity index (χ0) is 22.7. The standard InChI is InChI=1S/C21H22N4O6/c1-11(26)23-15-4-5-16-19(18(15)20(22)29)24-21(25(16)7-6-17(27)28)12-8-13(30-2)10-14(9-12)31-3/h4-5,8-10H,6-7H2,1-3H3,(H2,22,29)(H,23,26)(H,27,28). The van der Waals surface area contributed by atoms with Gasteiger partial charge in [-0.25, -0.2) is 4.98 Å². The van der Waals surface area contributed by atoms with Crippen LogP contribution in [0.1, 0.15) is 23.7 Å². The number of benzene rings is 2. The van der Waals surface area contributed by atoms with Gasteiger partial charge < -0.3 is 30.2 Å². The number of nitrogens with zero attached hydrogens (tertiary/aromatic N) is 2. The molecule has 162 valence electrons. The van der Waals surface area contributed by atoms with E-state index < -0.39 is 11.9 Å². The molecule has 1 aromatic heterocycles. The molecule has 10 heteroatoms. The summed E-state index contributed by atoms with van der Waals surface area (Å²) in [7, 11) is 3.02. The number of nitrogens with one attached hydrogen (secondary N) is 1. The third-order valence-corrected chi connectivity index (χ3v) is 4.64. The van der Waals surface area contributed by atoms with Crippen LogP contribution in [0.3, 0.4) is 0 Å². The number of carboxylic acid groups (broad SMARTS) is 1. The van der Waals surface area contributed by atoms with Crippen LogP contribution in [0.15, 0.2) is 30.3 Å². The number of fused-ring (bicyclic) bond motifs is 1. The topological polar surface area (TPSA) is 146 Å². The van der Waals surface area contributed by atoms with Crippen molar-refractivity contribution in [3.63, 3.8) is 0 Å². The summed E-state index contributed by atoms with van der Waals surface area (Å²) in [5.41, 5.74) is 7.20. The molecule has 31 heavy (non-hydrogen) atoms. The van der Waals surface area contributed by atoms with Gasteiger partial charge in [-0.05, 0) is 24.3 Å². The number of carbonyl (C=O) groups is 3. The summed E-state index contributed by atoms with van der Waals surface area (Å²) in [5, 5.41) is 11.8. The second kappa shape index (κ2) is 8.74. The molecular weight excluding hydrogens is 404 g/mol. The van der Waals surface area contributed by atoms with Crippen molar-refractivity contribution in [2.45, 2.75) is 19.9 Å². The zero-order valence-corrected chi connectivity index (χ0v) is 17.3. The van der Waals surface area contributed by atoms with Crippen LogP contribution in [-0.4, -0.2) is 46.7 Å². The molecule has 10 nitrogen and oxygen atoms in total. The molecule has 0 fully saturated rings. The number of aryl methyl sites for hydroxylation is 1. The lowest BCUT2D eigenvalue weighted by molar-refractivity contribution is -0.137. The Kier molecular flexibility index (Phi) is 6.10. The van der Waals surface area contributed by atoms with Crippen molar-refractivity contribution < 1.29 is 29.0 Å². The fraction of sp³-hybridized carbons (Fsp3) is 0.238. The van der Waals surface area contributed by atoms with Crippen LogP contribution in [0.25, 0.3) is 22.4 Å². The molecule has 0 aliphatic rings. The van der Waals surface area contributed by atoms with E-state index in [0.717, 1.165) is 0 Å². The molecule has 3 rings (SSSR count). The van der Waals surface area contributed by atoms with Gasteiger partial charge in [0.1, 0.15) is 22.8 Å². The van der Waals surface area contributed by atoms with Crippen molar-refractivity contribution in [1.82, 2.24) is 9.55 Å². The Morgan fingerprint density at radius 2 is 1.77 bits per heavy atom. The van der Waals surface area contributed by atoms with Gasteiger partial charge in [0, 0.05) is 25.1 Å². The van der Waals surface area contributed by atoms with Gasteiger partial charge in [0.25, 0.3) is 5.91 Å². The molecule has 0 radical (unpaired) electrons. The minimum absolute atomic E-state index is 0.0397. The Hall–Kier alpha value is -4.08. The first-order valence-electron chi connectivity index (χ1n) is 9.31. The van der Waals surface area contributed by atoms with E-state index in [-0.39, 0.29) is 35.6 Å². The maximum Gasteiger partial charge on any atom is 0.305 e. The van der Waals surface area contributed by atoms with Gasteiger partial charge >= 0.3 is 5.97 Å². The van der Waals surface area contributed by atoms with Crippen LogP contribution in [-0.2, 0) is 16.1 Å². The van der Waals surface area contributed by atoms with Gasteiger partial charge in [0.15, 0.2) is 0 Å². The summed E-state index contributed by atoms with van der Waals surface area (Å²) < 4.78 is 12.3. The molecule has 0 aliphatic heterocycles. The largest absolute Gasteiger partial charge is 0.497 e. The van der Waals surface area contributed by atoms with Gasteiger partial charge in [0.2, 0.25) is 5.91 Å². The lowest BCUT2D eigenvalue weighted by Gasteiger charge is -2.11. The number of anilines is 1. The second-order valence-corrected chi connectivity index (χ2v) is 6.73. The summed E-state index contributed by atoms with van der Waals surface area (Å²) in [6, 6.07) is 8.33. The SMILES string of the molecule is COc1cc(OC)cc(-c2nc3c(C(N)=O)c(NC(C)=O)ccc3n2CCC(=O)O)c1. The highest BCUT2D eigenvalue weighted by Gasteiger charge is 2.22. The van der Waals surface area contributed by atoms with E-state index in [1.165, 1.54) is 21.1 Å². The third kappa shape index (κ3) is 4.42. The fourth-order valence-corrected chi connectivity index (χ4v) is 3.33. The molecular formula is C21H22N4O6. The van der Waals surface area contributed by atoms with Crippen LogP contribution >= 0.6 is 0 Å². The minimum atomic E-state index is -0.985. The molecule has 4 N–H and O–H groups in total. The van der Waals surface area contributed by atoms with E-state index in [0.29, 0.717) is 28.4 Å². The van der Waals surface area contributed by atoms with Crippen LogP contribution in [0.2, 0.25) is 0 Å². The Morgan fingerprint density at radius 1 is 1.13 bits per heavy atom. The number of hydrogen-bond acceptors (Lipinski definition) is 6. The highest BCUT2D eigenvalue weighted by atomic mass is 16.5. The number of ether oxygens (including phenoxy) is 2. The number of carbonyl (C=O) groups excluding carboxylic acids is 2. The van der Waals surface area contributed by atoms with Crippen molar-refractivity contribution in [2.75, 3.05) is 19.5 Å². The Labute approximate surface area is 177 Å². The normalized spacial score (nSPS) is 10.7. The smallest absolute Gasteiger partial charge is 0.305 e. The van der Waals surface area contributed by atoms with E-state index in [1.807, 2.05) is 0 Å². The quantitative estimate of drug-likeness (QED) is 0.501. The van der Waals surface area contributed by atoms with E-state index in [1.54, 1.807) is 34.9 Å². The summed E-state index contributed by atoms with van der Waals surface area (Å²) in [6.07, 6.45) is -0.168. The van der Waals surface area contributed by atoms with Crippen molar-refractivity contribution in [1.29, 1.82) is 0 Å². The molecule has 2 aromatic carbocycles. The number of nitrogens with two attached hydrogens (primary N) is 1. The molecule has 0 unspecified atom stereocenters. The first-order chi connectivity index (χ1) is 14.7. The lowest BCUT2D eigenvalue weighted by Crippen LogP contribution is -2.17. The maximum absolute atomic E-state index is 12.2. The number of carboxylic acids is 1. The lowest BCUT2D eigenvalue weighted by atomic mass is 10.1. The molecule has 0 aliphatic carbocycles. The summed E-state index contributed by atoms with van der Waals surface area (Å²) in [6.45, 7) is 1.41. The number of imidazole rings is 1. The van der Waals surface area contributed by atoms with Gasteiger partial charge in [-0.15, -0.1) is 0 Å². The molecule has 2 amide bonds. The number of aliphatic carboxylic acids is 1. The van der Waals surface area contributed by atoms with E-state index in [2.05, 4.69) is 10.3 Å². The van der Waals surface area contributed by atoms with Crippen LogP contribution < -0.4 is 20.5 Å².